The molecule has 1 rings (SSSR count). The highest BCUT2D eigenvalue weighted by Gasteiger charge is 2.25. The summed E-state index contributed by atoms with van der Waals surface area (Å²) in [6.45, 7) is 2.79. The lowest BCUT2D eigenvalue weighted by molar-refractivity contribution is -0.126. The van der Waals surface area contributed by atoms with E-state index >= 15 is 0 Å². The molecule has 1 saturated heterocycles. The Morgan fingerprint density at radius 2 is 2.30 bits per heavy atom. The largest absolute Gasteiger partial charge is 0.350 e. The quantitative estimate of drug-likeness (QED) is 0.501. The van der Waals surface area contributed by atoms with Crippen molar-refractivity contribution in [1.82, 2.24) is 10.2 Å². The van der Waals surface area contributed by atoms with Crippen LogP contribution in [0.2, 0.25) is 0 Å². The van der Waals surface area contributed by atoms with Crippen LogP contribution in [0.15, 0.2) is 0 Å². The van der Waals surface area contributed by atoms with Gasteiger partial charge in [-0.05, 0) is 0 Å². The second kappa shape index (κ2) is 2.68. The predicted molar refractivity (Wildman–Crippen MR) is 35.2 cm³/mol. The van der Waals surface area contributed by atoms with Crippen molar-refractivity contribution in [2.75, 3.05) is 13.1 Å². The molecular weight excluding hydrogens is 132 g/mol. The van der Waals surface area contributed by atoms with Gasteiger partial charge in [-0.25, -0.2) is 0 Å². The van der Waals surface area contributed by atoms with Gasteiger partial charge in [0, 0.05) is 20.0 Å². The van der Waals surface area contributed by atoms with E-state index in [4.69, 9.17) is 0 Å². The minimum atomic E-state index is -0.0319. The van der Waals surface area contributed by atoms with Crippen LogP contribution in [0.5, 0.6) is 0 Å². The fourth-order valence-electron chi connectivity index (χ4n) is 0.977. The number of nitrogens with zero attached hydrogens (tertiary/aromatic N) is 1. The van der Waals surface area contributed by atoms with Crippen LogP contribution >= 0.6 is 0 Å². The summed E-state index contributed by atoms with van der Waals surface area (Å²) in [5.41, 5.74) is 0. The van der Waals surface area contributed by atoms with Crippen molar-refractivity contribution in [3.05, 3.63) is 0 Å². The molecule has 10 heavy (non-hydrogen) atoms. The number of carbonyl (C=O) groups is 2. The number of likely N-dealkylation sites (tertiary alicyclic amines) is 1. The Morgan fingerprint density at radius 1 is 1.70 bits per heavy atom. The van der Waals surface area contributed by atoms with E-state index in [2.05, 4.69) is 5.32 Å². The van der Waals surface area contributed by atoms with Crippen LogP contribution in [0.25, 0.3) is 0 Å². The van der Waals surface area contributed by atoms with E-state index in [1.165, 1.54) is 6.92 Å². The fourth-order valence-corrected chi connectivity index (χ4v) is 0.977. The first-order valence-corrected chi connectivity index (χ1v) is 3.19. The Labute approximate surface area is 59.2 Å². The standard InChI is InChI=1S/C6H10N2O2/c1-5(10)7-6-2-8(3-6)4-9/h4,6H,2-3H2,1H3,(H,7,10). The zero-order valence-corrected chi connectivity index (χ0v) is 5.83. The van der Waals surface area contributed by atoms with Gasteiger partial charge in [-0.3, -0.25) is 9.59 Å². The molecule has 4 heteroatoms. The summed E-state index contributed by atoms with van der Waals surface area (Å²) in [6.07, 6.45) is 0.790. The van der Waals surface area contributed by atoms with Crippen LogP contribution in [0.4, 0.5) is 0 Å². The third-order valence-electron chi connectivity index (χ3n) is 1.47. The number of rotatable bonds is 2. The lowest BCUT2D eigenvalue weighted by Gasteiger charge is -2.36. The topological polar surface area (TPSA) is 49.4 Å². The van der Waals surface area contributed by atoms with Crippen LogP contribution in [0.3, 0.4) is 0 Å². The van der Waals surface area contributed by atoms with Gasteiger partial charge in [-0.1, -0.05) is 0 Å². The van der Waals surface area contributed by atoms with Gasteiger partial charge in [0.25, 0.3) is 0 Å². The molecule has 56 valence electrons. The van der Waals surface area contributed by atoms with Crippen molar-refractivity contribution in [3.63, 3.8) is 0 Å². The first-order valence-electron chi connectivity index (χ1n) is 3.19. The van der Waals surface area contributed by atoms with Crippen molar-refractivity contribution in [2.24, 2.45) is 0 Å². The number of hydrogen-bond donors (Lipinski definition) is 1. The van der Waals surface area contributed by atoms with E-state index in [1.807, 2.05) is 0 Å². The van der Waals surface area contributed by atoms with Crippen LogP contribution in [-0.2, 0) is 9.59 Å². The number of nitrogens with one attached hydrogen (secondary N) is 1. The summed E-state index contributed by atoms with van der Waals surface area (Å²) >= 11 is 0. The smallest absolute Gasteiger partial charge is 0.217 e. The lowest BCUT2D eigenvalue weighted by Crippen LogP contribution is -2.58. The predicted octanol–water partition coefficient (Wildman–Crippen LogP) is -1.04. The second-order valence-electron chi connectivity index (χ2n) is 2.46. The second-order valence-corrected chi connectivity index (χ2v) is 2.46. The maximum atomic E-state index is 10.4. The summed E-state index contributed by atoms with van der Waals surface area (Å²) in [4.78, 5) is 22.1. The monoisotopic (exact) mass is 142 g/mol. The molecule has 0 aromatic heterocycles. The van der Waals surface area contributed by atoms with E-state index in [0.717, 1.165) is 6.41 Å². The zero-order chi connectivity index (χ0) is 7.56. The van der Waals surface area contributed by atoms with Crippen molar-refractivity contribution in [1.29, 1.82) is 0 Å². The van der Waals surface area contributed by atoms with Gasteiger partial charge in [-0.15, -0.1) is 0 Å². The summed E-state index contributed by atoms with van der Waals surface area (Å²) < 4.78 is 0. The fraction of sp³-hybridized carbons (Fsp3) is 0.667. The summed E-state index contributed by atoms with van der Waals surface area (Å²) in [7, 11) is 0. The normalized spacial score (nSPS) is 17.9. The Morgan fingerprint density at radius 3 is 2.70 bits per heavy atom. The molecule has 1 fully saturated rings. The molecule has 1 N–H and O–H groups in total. The van der Waals surface area contributed by atoms with Gasteiger partial charge in [-0.2, -0.15) is 0 Å². The minimum Gasteiger partial charge on any atom is -0.350 e. The first kappa shape index (κ1) is 7.05. The van der Waals surface area contributed by atoms with Crippen molar-refractivity contribution in [3.8, 4) is 0 Å². The average Bonchev–Trinajstić information content (AvgIpc) is 1.76. The Bertz CT molecular complexity index is 152. The Hall–Kier alpha value is -1.06. The highest BCUT2D eigenvalue weighted by atomic mass is 16.2. The van der Waals surface area contributed by atoms with Crippen molar-refractivity contribution >= 4 is 12.3 Å². The maximum absolute atomic E-state index is 10.4. The highest BCUT2D eigenvalue weighted by Crippen LogP contribution is 2.02. The Kier molecular flexibility index (Phi) is 1.89. The number of amides is 2. The Balaban J connectivity index is 2.14. The molecule has 0 aliphatic carbocycles. The molecule has 1 aliphatic heterocycles. The van der Waals surface area contributed by atoms with Crippen LogP contribution in [0, 0.1) is 0 Å². The average molecular weight is 142 g/mol. The van der Waals surface area contributed by atoms with E-state index in [0.29, 0.717) is 13.1 Å². The lowest BCUT2D eigenvalue weighted by atomic mass is 10.1. The molecule has 0 radical (unpaired) electrons. The summed E-state index contributed by atoms with van der Waals surface area (Å²) in [5.74, 6) is -0.0319. The SMILES string of the molecule is CC(=O)NC1CN(C=O)C1. The molecule has 1 aliphatic rings. The van der Waals surface area contributed by atoms with E-state index in [9.17, 15) is 9.59 Å². The molecule has 0 spiro atoms. The van der Waals surface area contributed by atoms with E-state index in [1.54, 1.807) is 4.90 Å². The molecule has 0 saturated carbocycles. The number of carbonyl (C=O) groups excluding carboxylic acids is 2. The first-order chi connectivity index (χ1) is 4.72. The summed E-state index contributed by atoms with van der Waals surface area (Å²) in [6, 6.07) is 0.183. The van der Waals surface area contributed by atoms with Gasteiger partial charge < -0.3 is 10.2 Å². The summed E-state index contributed by atoms with van der Waals surface area (Å²) in [5, 5.41) is 2.70. The minimum absolute atomic E-state index is 0.0319. The molecule has 0 aromatic carbocycles. The van der Waals surface area contributed by atoms with Crippen LogP contribution in [-0.4, -0.2) is 36.3 Å². The third-order valence-corrected chi connectivity index (χ3v) is 1.47. The highest BCUT2D eigenvalue weighted by molar-refractivity contribution is 5.73. The molecular formula is C6H10N2O2. The zero-order valence-electron chi connectivity index (χ0n) is 5.83. The van der Waals surface area contributed by atoms with Gasteiger partial charge >= 0.3 is 0 Å². The van der Waals surface area contributed by atoms with Crippen LogP contribution in [0.1, 0.15) is 6.92 Å². The van der Waals surface area contributed by atoms with E-state index < -0.39 is 0 Å². The number of hydrogen-bond acceptors (Lipinski definition) is 2. The van der Waals surface area contributed by atoms with Crippen molar-refractivity contribution in [2.45, 2.75) is 13.0 Å². The molecule has 2 amide bonds. The molecule has 1 heterocycles. The van der Waals surface area contributed by atoms with Gasteiger partial charge in [0.05, 0.1) is 6.04 Å². The van der Waals surface area contributed by atoms with Gasteiger partial charge in [0.1, 0.15) is 0 Å². The molecule has 0 unspecified atom stereocenters. The van der Waals surface area contributed by atoms with E-state index in [-0.39, 0.29) is 11.9 Å². The van der Waals surface area contributed by atoms with Gasteiger partial charge in [0.15, 0.2) is 0 Å². The molecule has 0 aromatic rings. The molecule has 0 atom stereocenters. The maximum Gasteiger partial charge on any atom is 0.217 e. The third kappa shape index (κ3) is 1.46. The van der Waals surface area contributed by atoms with Crippen LogP contribution < -0.4 is 5.32 Å². The van der Waals surface area contributed by atoms with Gasteiger partial charge in [0.2, 0.25) is 12.3 Å². The molecule has 0 bridgehead atoms. The van der Waals surface area contributed by atoms with Crippen molar-refractivity contribution < 1.29 is 9.59 Å². The molecule has 4 nitrogen and oxygen atoms in total.